The largest absolute Gasteiger partial charge is 0.331 e. The molecule has 6 nitrogen and oxygen atoms in total. The third-order valence-electron chi connectivity index (χ3n) is 4.86. The van der Waals surface area contributed by atoms with E-state index in [0.29, 0.717) is 32.5 Å². The highest BCUT2D eigenvalue weighted by Gasteiger charge is 2.16. The number of carbonyl (C=O) groups is 1. The zero-order valence-corrected chi connectivity index (χ0v) is 20.4. The molecule has 34 heavy (non-hydrogen) atoms. The van der Waals surface area contributed by atoms with Gasteiger partial charge in [0.2, 0.25) is 0 Å². The Morgan fingerprint density at radius 3 is 2.47 bits per heavy atom. The molecule has 0 radical (unpaired) electrons. The molecule has 0 saturated heterocycles. The van der Waals surface area contributed by atoms with Gasteiger partial charge in [-0.3, -0.25) is 4.57 Å². The van der Waals surface area contributed by atoms with E-state index in [2.05, 4.69) is 20.8 Å². The fourth-order valence-electron chi connectivity index (χ4n) is 3.11. The van der Waals surface area contributed by atoms with Crippen LogP contribution in [0.3, 0.4) is 0 Å². The van der Waals surface area contributed by atoms with Gasteiger partial charge in [0.15, 0.2) is 11.0 Å². The molecular weight excluding hydrogens is 496 g/mol. The van der Waals surface area contributed by atoms with Crippen LogP contribution in [-0.2, 0) is 12.3 Å². The van der Waals surface area contributed by atoms with Crippen LogP contribution in [-0.4, -0.2) is 20.8 Å². The maximum Gasteiger partial charge on any atom is 0.319 e. The molecule has 4 rings (SSSR count). The van der Waals surface area contributed by atoms with Crippen LogP contribution in [0.4, 0.5) is 14.9 Å². The molecule has 174 valence electrons. The van der Waals surface area contributed by atoms with Crippen LogP contribution < -0.4 is 10.6 Å². The van der Waals surface area contributed by atoms with Gasteiger partial charge in [0.05, 0.1) is 17.3 Å². The van der Waals surface area contributed by atoms with Crippen molar-refractivity contribution in [1.29, 1.82) is 0 Å². The van der Waals surface area contributed by atoms with E-state index in [1.54, 1.807) is 30.3 Å². The summed E-state index contributed by atoms with van der Waals surface area (Å²) in [5, 5.41) is 15.6. The van der Waals surface area contributed by atoms with E-state index < -0.39 is 6.03 Å². The highest BCUT2D eigenvalue weighted by Crippen LogP contribution is 2.27. The van der Waals surface area contributed by atoms with Crippen molar-refractivity contribution in [3.8, 4) is 5.69 Å². The van der Waals surface area contributed by atoms with Gasteiger partial charge < -0.3 is 10.6 Å². The highest BCUT2D eigenvalue weighted by atomic mass is 35.5. The number of urea groups is 1. The molecule has 0 atom stereocenters. The van der Waals surface area contributed by atoms with Crippen LogP contribution in [0.15, 0.2) is 71.9 Å². The molecule has 0 aliphatic heterocycles. The van der Waals surface area contributed by atoms with Crippen LogP contribution in [0, 0.1) is 12.7 Å². The van der Waals surface area contributed by atoms with Crippen molar-refractivity contribution >= 4 is 46.7 Å². The minimum Gasteiger partial charge on any atom is -0.331 e. The lowest BCUT2D eigenvalue weighted by Gasteiger charge is -2.12. The number of nitrogens with zero attached hydrogens (tertiary/aromatic N) is 3. The Kier molecular flexibility index (Phi) is 7.72. The van der Waals surface area contributed by atoms with Gasteiger partial charge in [0, 0.05) is 16.5 Å². The van der Waals surface area contributed by atoms with Gasteiger partial charge in [-0.2, -0.15) is 0 Å². The lowest BCUT2D eigenvalue weighted by atomic mass is 10.2. The van der Waals surface area contributed by atoms with Crippen molar-refractivity contribution in [2.45, 2.75) is 24.4 Å². The molecule has 0 unspecified atom stereocenters. The van der Waals surface area contributed by atoms with Crippen molar-refractivity contribution in [3.05, 3.63) is 99.5 Å². The number of amides is 2. The molecule has 1 aromatic heterocycles. The van der Waals surface area contributed by atoms with Crippen LogP contribution in [0.25, 0.3) is 5.69 Å². The number of carbonyl (C=O) groups excluding carboxylic acids is 1. The Bertz CT molecular complexity index is 1300. The van der Waals surface area contributed by atoms with Crippen LogP contribution in [0.2, 0.25) is 10.0 Å². The second-order valence-corrected chi connectivity index (χ2v) is 9.20. The predicted octanol–water partition coefficient (Wildman–Crippen LogP) is 6.64. The number of nitrogens with one attached hydrogen (secondary N) is 2. The Labute approximate surface area is 210 Å². The average Bonchev–Trinajstić information content (AvgIpc) is 3.22. The van der Waals surface area contributed by atoms with Gasteiger partial charge in [-0.15, -0.1) is 10.2 Å². The Balaban J connectivity index is 1.51. The Morgan fingerprint density at radius 1 is 1.03 bits per heavy atom. The molecular formula is C24H20Cl2FN5OS. The topological polar surface area (TPSA) is 71.8 Å². The van der Waals surface area contributed by atoms with E-state index in [-0.39, 0.29) is 12.4 Å². The van der Waals surface area contributed by atoms with Crippen LogP contribution in [0.1, 0.15) is 17.0 Å². The Morgan fingerprint density at radius 2 is 1.76 bits per heavy atom. The molecule has 0 aliphatic carbocycles. The van der Waals surface area contributed by atoms with E-state index in [4.69, 9.17) is 23.2 Å². The summed E-state index contributed by atoms with van der Waals surface area (Å²) in [6, 6.07) is 18.7. The van der Waals surface area contributed by atoms with Crippen LogP contribution in [0.5, 0.6) is 0 Å². The monoisotopic (exact) mass is 515 g/mol. The van der Waals surface area contributed by atoms with Crippen molar-refractivity contribution in [2.24, 2.45) is 0 Å². The second kappa shape index (κ2) is 10.9. The standard InChI is InChI=1S/C24H20Cl2FN5OS/c1-15-2-9-19(10-3-15)32-22(13-28-23(33)29-21-11-6-17(25)12-20(21)26)30-31-24(32)34-14-16-4-7-18(27)8-5-16/h2-12H,13-14H2,1H3,(H2,28,29,33). The van der Waals surface area contributed by atoms with Crippen molar-refractivity contribution in [2.75, 3.05) is 5.32 Å². The summed E-state index contributed by atoms with van der Waals surface area (Å²) in [6.07, 6.45) is 0. The zero-order valence-electron chi connectivity index (χ0n) is 18.1. The van der Waals surface area contributed by atoms with Gasteiger partial charge in [-0.05, 0) is 55.0 Å². The quantitative estimate of drug-likeness (QED) is 0.270. The number of aromatic nitrogens is 3. The summed E-state index contributed by atoms with van der Waals surface area (Å²) >= 11 is 13.5. The average molecular weight is 516 g/mol. The number of hydrogen-bond acceptors (Lipinski definition) is 4. The lowest BCUT2D eigenvalue weighted by Crippen LogP contribution is -2.29. The van der Waals surface area contributed by atoms with Gasteiger partial charge in [0.1, 0.15) is 5.82 Å². The number of anilines is 1. The van der Waals surface area contributed by atoms with Crippen LogP contribution >= 0.6 is 35.0 Å². The molecule has 0 aliphatic rings. The molecule has 0 saturated carbocycles. The number of hydrogen-bond donors (Lipinski definition) is 2. The minimum absolute atomic E-state index is 0.134. The maximum atomic E-state index is 13.2. The summed E-state index contributed by atoms with van der Waals surface area (Å²) in [7, 11) is 0. The summed E-state index contributed by atoms with van der Waals surface area (Å²) < 4.78 is 15.1. The first-order valence-electron chi connectivity index (χ1n) is 10.3. The molecule has 1 heterocycles. The molecule has 3 aromatic carbocycles. The summed E-state index contributed by atoms with van der Waals surface area (Å²) in [5.41, 5.74) is 3.40. The van der Waals surface area contributed by atoms with E-state index in [9.17, 15) is 9.18 Å². The minimum atomic E-state index is -0.441. The summed E-state index contributed by atoms with van der Waals surface area (Å²) in [6.45, 7) is 2.14. The van der Waals surface area contributed by atoms with Gasteiger partial charge in [-0.25, -0.2) is 9.18 Å². The third kappa shape index (κ3) is 6.08. The molecule has 2 N–H and O–H groups in total. The van der Waals surface area contributed by atoms with Gasteiger partial charge >= 0.3 is 6.03 Å². The molecule has 4 aromatic rings. The first kappa shape index (κ1) is 24.1. The first-order valence-corrected chi connectivity index (χ1v) is 12.0. The van der Waals surface area contributed by atoms with Crippen molar-refractivity contribution < 1.29 is 9.18 Å². The van der Waals surface area contributed by atoms with Crippen molar-refractivity contribution in [1.82, 2.24) is 20.1 Å². The normalized spacial score (nSPS) is 10.8. The fourth-order valence-corrected chi connectivity index (χ4v) is 4.49. The second-order valence-electron chi connectivity index (χ2n) is 7.42. The zero-order chi connectivity index (χ0) is 24.1. The number of rotatable bonds is 7. The maximum absolute atomic E-state index is 13.2. The Hall–Kier alpha value is -3.07. The van der Waals surface area contributed by atoms with E-state index in [1.807, 2.05) is 35.8 Å². The molecule has 0 fully saturated rings. The smallest absolute Gasteiger partial charge is 0.319 e. The highest BCUT2D eigenvalue weighted by molar-refractivity contribution is 7.98. The number of benzene rings is 3. The third-order valence-corrected chi connectivity index (χ3v) is 6.41. The molecule has 0 bridgehead atoms. The molecule has 0 spiro atoms. The predicted molar refractivity (Wildman–Crippen MR) is 134 cm³/mol. The number of thioether (sulfide) groups is 1. The van der Waals surface area contributed by atoms with E-state index in [1.165, 1.54) is 23.9 Å². The van der Waals surface area contributed by atoms with Crippen molar-refractivity contribution in [3.63, 3.8) is 0 Å². The van der Waals surface area contributed by atoms with E-state index in [0.717, 1.165) is 16.8 Å². The lowest BCUT2D eigenvalue weighted by molar-refractivity contribution is 0.251. The summed E-state index contributed by atoms with van der Waals surface area (Å²) in [4.78, 5) is 12.5. The van der Waals surface area contributed by atoms with Gasteiger partial charge in [0.25, 0.3) is 0 Å². The number of halogens is 3. The SMILES string of the molecule is Cc1ccc(-n2c(CNC(=O)Nc3ccc(Cl)cc3Cl)nnc2SCc2ccc(F)cc2)cc1. The first-order chi connectivity index (χ1) is 16.4. The van der Waals surface area contributed by atoms with E-state index >= 15 is 0 Å². The summed E-state index contributed by atoms with van der Waals surface area (Å²) in [5.74, 6) is 0.874. The van der Waals surface area contributed by atoms with Gasteiger partial charge in [-0.1, -0.05) is 64.8 Å². The molecule has 2 amide bonds. The molecule has 10 heteroatoms. The number of aryl methyl sites for hydroxylation is 1. The fraction of sp³-hybridized carbons (Fsp3) is 0.125.